The van der Waals surface area contributed by atoms with Gasteiger partial charge in [-0.25, -0.2) is 0 Å². The van der Waals surface area contributed by atoms with Gasteiger partial charge in [0.2, 0.25) is 11.8 Å². The number of nitrogens with one attached hydrogen (secondary N) is 2. The molecule has 3 N–H and O–H groups in total. The number of aliphatic hydroxyl groups is 1. The van der Waals surface area contributed by atoms with Gasteiger partial charge in [0, 0.05) is 19.5 Å². The summed E-state index contributed by atoms with van der Waals surface area (Å²) >= 11 is 0. The van der Waals surface area contributed by atoms with E-state index >= 15 is 0 Å². The van der Waals surface area contributed by atoms with Crippen LogP contribution in [0.3, 0.4) is 0 Å². The molecule has 2 amide bonds. The summed E-state index contributed by atoms with van der Waals surface area (Å²) in [5.41, 5.74) is -2.70. The minimum Gasteiger partial charge on any atom is -0.392 e. The number of carbonyl (C=O) groups is 3. The summed E-state index contributed by atoms with van der Waals surface area (Å²) in [6.45, 7) is 28.1. The van der Waals surface area contributed by atoms with Gasteiger partial charge >= 0.3 is 0 Å². The first-order chi connectivity index (χ1) is 16.5. The number of hydrogen-bond donors (Lipinski definition) is 3. The minimum absolute atomic E-state index is 0.0374. The van der Waals surface area contributed by atoms with Crippen molar-refractivity contribution in [1.29, 1.82) is 0 Å². The van der Waals surface area contributed by atoms with Crippen LogP contribution in [0.15, 0.2) is 0 Å². The summed E-state index contributed by atoms with van der Waals surface area (Å²) in [6, 6.07) is 0. The van der Waals surface area contributed by atoms with E-state index in [-0.39, 0.29) is 29.2 Å². The zero-order valence-electron chi connectivity index (χ0n) is 26.5. The minimum atomic E-state index is -0.739. The van der Waals surface area contributed by atoms with Crippen LogP contribution in [0, 0.1) is 32.5 Å². The molecular weight excluding hydrogens is 464 g/mol. The second kappa shape index (κ2) is 13.1. The fourth-order valence-electron chi connectivity index (χ4n) is 5.55. The summed E-state index contributed by atoms with van der Waals surface area (Å²) in [5, 5.41) is 16.0. The second-order valence-corrected chi connectivity index (χ2v) is 15.2. The summed E-state index contributed by atoms with van der Waals surface area (Å²) < 4.78 is 0. The van der Waals surface area contributed by atoms with Crippen molar-refractivity contribution in [1.82, 2.24) is 10.6 Å². The van der Waals surface area contributed by atoms with Gasteiger partial charge in [0.15, 0.2) is 0 Å². The fraction of sp³-hybridized carbons (Fsp3) is 0.903. The van der Waals surface area contributed by atoms with E-state index in [0.717, 1.165) is 25.5 Å². The van der Waals surface area contributed by atoms with Crippen LogP contribution < -0.4 is 10.6 Å². The molecule has 37 heavy (non-hydrogen) atoms. The Morgan fingerprint density at radius 1 is 0.757 bits per heavy atom. The topological polar surface area (TPSA) is 95.5 Å². The molecule has 0 aromatic heterocycles. The molecule has 0 bridgehead atoms. The van der Waals surface area contributed by atoms with Gasteiger partial charge in [0.1, 0.15) is 6.29 Å². The monoisotopic (exact) mass is 524 g/mol. The first-order valence-corrected chi connectivity index (χ1v) is 14.2. The van der Waals surface area contributed by atoms with Crippen molar-refractivity contribution in [3.63, 3.8) is 0 Å². The Balaban J connectivity index is 6.21. The number of rotatable bonds is 15. The van der Waals surface area contributed by atoms with Gasteiger partial charge in [-0.05, 0) is 54.3 Å². The van der Waals surface area contributed by atoms with Gasteiger partial charge in [-0.2, -0.15) is 0 Å². The molecule has 218 valence electrons. The fourth-order valence-corrected chi connectivity index (χ4v) is 5.55. The molecule has 0 aliphatic carbocycles. The molecule has 0 aliphatic rings. The van der Waals surface area contributed by atoms with Gasteiger partial charge in [-0.3, -0.25) is 9.59 Å². The zero-order valence-corrected chi connectivity index (χ0v) is 26.5. The second-order valence-electron chi connectivity index (χ2n) is 15.2. The molecule has 0 aromatic carbocycles. The van der Waals surface area contributed by atoms with Crippen molar-refractivity contribution in [2.24, 2.45) is 32.5 Å². The largest absolute Gasteiger partial charge is 0.392 e. The highest BCUT2D eigenvalue weighted by Crippen LogP contribution is 2.61. The van der Waals surface area contributed by atoms with Crippen molar-refractivity contribution in [2.75, 3.05) is 13.1 Å². The number of unbranched alkanes of at least 4 members (excludes halogenated alkanes) is 3. The summed E-state index contributed by atoms with van der Waals surface area (Å²) in [6.07, 6.45) is 4.77. The predicted molar refractivity (Wildman–Crippen MR) is 154 cm³/mol. The molecule has 0 saturated heterocycles. The van der Waals surface area contributed by atoms with E-state index in [1.54, 1.807) is 6.92 Å². The first kappa shape index (κ1) is 35.6. The zero-order chi connectivity index (χ0) is 29.5. The average molecular weight is 525 g/mol. The highest BCUT2D eigenvalue weighted by Gasteiger charge is 2.59. The van der Waals surface area contributed by atoms with Crippen molar-refractivity contribution < 1.29 is 19.5 Å². The van der Waals surface area contributed by atoms with E-state index in [2.05, 4.69) is 86.8 Å². The molecule has 0 heterocycles. The standard InChI is InChI=1S/C31H60N2O4/c1-23(35)20-33-25(37)31(13,21-26(2,3)4)29(10,11)28(8,9)22-30(12,27(5,6)7)24(36)32-18-16-14-15-17-19-34/h19,23,35H,14-18,20-22H2,1-13H3,(H,32,36)(H,33,37). The van der Waals surface area contributed by atoms with Crippen LogP contribution in [0.25, 0.3) is 0 Å². The highest BCUT2D eigenvalue weighted by atomic mass is 16.3. The Labute approximate surface area is 228 Å². The molecule has 0 fully saturated rings. The molecule has 3 atom stereocenters. The Morgan fingerprint density at radius 2 is 1.27 bits per heavy atom. The molecule has 0 radical (unpaired) electrons. The van der Waals surface area contributed by atoms with Crippen LogP contribution in [0.2, 0.25) is 0 Å². The Hall–Kier alpha value is -1.43. The molecule has 3 unspecified atom stereocenters. The van der Waals surface area contributed by atoms with Crippen LogP contribution in [0.1, 0.15) is 129 Å². The maximum Gasteiger partial charge on any atom is 0.226 e. The lowest BCUT2D eigenvalue weighted by Crippen LogP contribution is -2.58. The summed E-state index contributed by atoms with van der Waals surface area (Å²) in [5.74, 6) is -0.0195. The van der Waals surface area contributed by atoms with E-state index in [1.807, 2.05) is 6.92 Å². The van der Waals surface area contributed by atoms with E-state index in [4.69, 9.17) is 0 Å². The molecule has 0 aromatic rings. The lowest BCUT2D eigenvalue weighted by Gasteiger charge is -2.57. The number of carbonyl (C=O) groups excluding carboxylic acids is 3. The summed E-state index contributed by atoms with van der Waals surface area (Å²) in [7, 11) is 0. The Kier molecular flexibility index (Phi) is 12.6. The van der Waals surface area contributed by atoms with Crippen molar-refractivity contribution in [3.8, 4) is 0 Å². The van der Waals surface area contributed by atoms with Gasteiger partial charge < -0.3 is 20.5 Å². The Morgan fingerprint density at radius 3 is 1.70 bits per heavy atom. The molecule has 0 saturated carbocycles. The number of aldehydes is 1. The quantitative estimate of drug-likeness (QED) is 0.173. The molecule has 0 aliphatic heterocycles. The number of hydrogen-bond acceptors (Lipinski definition) is 4. The van der Waals surface area contributed by atoms with Crippen molar-refractivity contribution >= 4 is 18.1 Å². The molecule has 6 nitrogen and oxygen atoms in total. The van der Waals surface area contributed by atoms with E-state index in [1.165, 1.54) is 0 Å². The van der Waals surface area contributed by atoms with Gasteiger partial charge in [-0.15, -0.1) is 0 Å². The normalized spacial score (nSPS) is 17.4. The summed E-state index contributed by atoms with van der Waals surface area (Å²) in [4.78, 5) is 38.0. The lowest BCUT2D eigenvalue weighted by atomic mass is 9.46. The third-order valence-electron chi connectivity index (χ3n) is 9.25. The van der Waals surface area contributed by atoms with E-state index in [9.17, 15) is 19.5 Å². The van der Waals surface area contributed by atoms with Crippen LogP contribution in [-0.4, -0.2) is 42.4 Å². The smallest absolute Gasteiger partial charge is 0.226 e. The molecule has 0 rings (SSSR count). The Bertz CT molecular complexity index is 758. The number of aliphatic hydroxyl groups excluding tert-OH is 1. The van der Waals surface area contributed by atoms with Crippen LogP contribution in [-0.2, 0) is 14.4 Å². The van der Waals surface area contributed by atoms with Crippen LogP contribution >= 0.6 is 0 Å². The van der Waals surface area contributed by atoms with Crippen LogP contribution in [0.4, 0.5) is 0 Å². The average Bonchev–Trinajstić information content (AvgIpc) is 2.71. The highest BCUT2D eigenvalue weighted by molar-refractivity contribution is 5.84. The van der Waals surface area contributed by atoms with Gasteiger partial charge in [0.25, 0.3) is 0 Å². The van der Waals surface area contributed by atoms with Crippen molar-refractivity contribution in [3.05, 3.63) is 0 Å². The molecule has 6 heteroatoms. The van der Waals surface area contributed by atoms with E-state index in [0.29, 0.717) is 25.8 Å². The first-order valence-electron chi connectivity index (χ1n) is 14.2. The third-order valence-corrected chi connectivity index (χ3v) is 9.25. The number of amides is 2. The lowest BCUT2D eigenvalue weighted by molar-refractivity contribution is -0.156. The third kappa shape index (κ3) is 9.37. The van der Waals surface area contributed by atoms with Gasteiger partial charge in [0.05, 0.1) is 16.9 Å². The van der Waals surface area contributed by atoms with Crippen LogP contribution in [0.5, 0.6) is 0 Å². The van der Waals surface area contributed by atoms with E-state index < -0.39 is 27.8 Å². The maximum atomic E-state index is 13.8. The maximum absolute atomic E-state index is 13.8. The van der Waals surface area contributed by atoms with Gasteiger partial charge in [-0.1, -0.05) is 89.5 Å². The predicted octanol–water partition coefficient (Wildman–Crippen LogP) is 6.30. The molecular formula is C31H60N2O4. The SMILES string of the molecule is CC(O)CNC(=O)C(C)(CC(C)(C)C)C(C)(C)C(C)(C)CC(C)(C(=O)NCCCCCC=O)C(C)(C)C. The molecule has 0 spiro atoms. The van der Waals surface area contributed by atoms with Crippen molar-refractivity contribution in [2.45, 2.75) is 135 Å².